The molecular formula is C23H23N3O3. The average molecular weight is 389 g/mol. The quantitative estimate of drug-likeness (QED) is 0.558. The van der Waals surface area contributed by atoms with E-state index >= 15 is 0 Å². The highest BCUT2D eigenvalue weighted by Crippen LogP contribution is 2.25. The number of carbonyl (C=O) groups is 2. The van der Waals surface area contributed by atoms with Gasteiger partial charge < -0.3 is 20.7 Å². The molecule has 3 aromatic carbocycles. The van der Waals surface area contributed by atoms with E-state index in [0.29, 0.717) is 22.8 Å². The predicted octanol–water partition coefficient (Wildman–Crippen LogP) is 4.45. The van der Waals surface area contributed by atoms with Crippen molar-refractivity contribution in [2.24, 2.45) is 0 Å². The van der Waals surface area contributed by atoms with Gasteiger partial charge in [-0.2, -0.15) is 0 Å². The van der Waals surface area contributed by atoms with E-state index in [9.17, 15) is 9.59 Å². The summed E-state index contributed by atoms with van der Waals surface area (Å²) in [6.45, 7) is 1.45. The minimum absolute atomic E-state index is 0.155. The van der Waals surface area contributed by atoms with Crippen LogP contribution in [-0.2, 0) is 9.59 Å². The maximum Gasteiger partial charge on any atom is 0.251 e. The van der Waals surface area contributed by atoms with E-state index in [-0.39, 0.29) is 11.8 Å². The number of hydrogen-bond acceptors (Lipinski definition) is 4. The van der Waals surface area contributed by atoms with Crippen molar-refractivity contribution in [3.8, 4) is 5.75 Å². The molecular weight excluding hydrogens is 366 g/mol. The van der Waals surface area contributed by atoms with Gasteiger partial charge in [0.05, 0.1) is 7.11 Å². The van der Waals surface area contributed by atoms with Crippen molar-refractivity contribution in [1.29, 1.82) is 0 Å². The van der Waals surface area contributed by atoms with E-state index in [2.05, 4.69) is 16.0 Å². The highest BCUT2D eigenvalue weighted by atomic mass is 16.5. The van der Waals surface area contributed by atoms with Gasteiger partial charge in [0, 0.05) is 30.1 Å². The van der Waals surface area contributed by atoms with Crippen LogP contribution < -0.4 is 20.7 Å². The number of anilines is 3. The topological polar surface area (TPSA) is 79.5 Å². The van der Waals surface area contributed by atoms with Crippen LogP contribution in [0.3, 0.4) is 0 Å². The zero-order chi connectivity index (χ0) is 20.6. The van der Waals surface area contributed by atoms with Crippen molar-refractivity contribution in [1.82, 2.24) is 0 Å². The van der Waals surface area contributed by atoms with Gasteiger partial charge in [-0.25, -0.2) is 0 Å². The van der Waals surface area contributed by atoms with Crippen LogP contribution in [-0.4, -0.2) is 18.9 Å². The van der Waals surface area contributed by atoms with Crippen LogP contribution in [0.1, 0.15) is 18.5 Å². The van der Waals surface area contributed by atoms with E-state index in [1.54, 1.807) is 31.4 Å². The lowest BCUT2D eigenvalue weighted by molar-refractivity contribution is -0.117. The van der Waals surface area contributed by atoms with Gasteiger partial charge in [-0.05, 0) is 35.9 Å². The van der Waals surface area contributed by atoms with Gasteiger partial charge in [-0.1, -0.05) is 42.5 Å². The Morgan fingerprint density at radius 3 is 2.14 bits per heavy atom. The van der Waals surface area contributed by atoms with Gasteiger partial charge in [0.15, 0.2) is 0 Å². The second-order valence-electron chi connectivity index (χ2n) is 6.47. The molecule has 0 saturated carbocycles. The number of benzene rings is 3. The second-order valence-corrected chi connectivity index (χ2v) is 6.47. The first kappa shape index (κ1) is 19.9. The smallest absolute Gasteiger partial charge is 0.251 e. The number of amides is 2. The lowest BCUT2D eigenvalue weighted by Gasteiger charge is -2.20. The largest absolute Gasteiger partial charge is 0.497 e. The van der Waals surface area contributed by atoms with Crippen molar-refractivity contribution in [3.05, 3.63) is 84.4 Å². The van der Waals surface area contributed by atoms with E-state index in [0.717, 1.165) is 5.56 Å². The molecule has 3 N–H and O–H groups in total. The molecule has 0 fully saturated rings. The fraction of sp³-hybridized carbons (Fsp3) is 0.130. The van der Waals surface area contributed by atoms with Crippen LogP contribution in [0.2, 0.25) is 0 Å². The molecule has 0 spiro atoms. The van der Waals surface area contributed by atoms with Crippen molar-refractivity contribution in [2.45, 2.75) is 13.0 Å². The molecule has 0 aliphatic heterocycles. The third-order valence-corrected chi connectivity index (χ3v) is 4.23. The number of nitrogens with one attached hydrogen (secondary N) is 3. The first-order valence-corrected chi connectivity index (χ1v) is 9.19. The summed E-state index contributed by atoms with van der Waals surface area (Å²) in [5.74, 6) is 0.293. The van der Waals surface area contributed by atoms with Gasteiger partial charge in [0.1, 0.15) is 11.8 Å². The zero-order valence-corrected chi connectivity index (χ0v) is 16.3. The predicted molar refractivity (Wildman–Crippen MR) is 115 cm³/mol. The first-order valence-electron chi connectivity index (χ1n) is 9.19. The molecule has 29 heavy (non-hydrogen) atoms. The Labute approximate surface area is 169 Å². The number of rotatable bonds is 7. The van der Waals surface area contributed by atoms with Crippen molar-refractivity contribution in [3.63, 3.8) is 0 Å². The number of methoxy groups -OCH3 is 1. The molecule has 0 bridgehead atoms. The molecule has 148 valence electrons. The van der Waals surface area contributed by atoms with E-state index < -0.39 is 6.04 Å². The Morgan fingerprint density at radius 1 is 0.793 bits per heavy atom. The van der Waals surface area contributed by atoms with E-state index in [1.807, 2.05) is 54.6 Å². The molecule has 0 aliphatic carbocycles. The normalized spacial score (nSPS) is 11.2. The Morgan fingerprint density at radius 2 is 1.45 bits per heavy atom. The third kappa shape index (κ3) is 5.59. The maximum atomic E-state index is 13.1. The average Bonchev–Trinajstić information content (AvgIpc) is 2.72. The monoisotopic (exact) mass is 389 g/mol. The third-order valence-electron chi connectivity index (χ3n) is 4.23. The lowest BCUT2D eigenvalue weighted by Crippen LogP contribution is -2.27. The van der Waals surface area contributed by atoms with Crippen LogP contribution in [0, 0.1) is 0 Å². The van der Waals surface area contributed by atoms with Gasteiger partial charge in [0.25, 0.3) is 5.91 Å². The van der Waals surface area contributed by atoms with Crippen molar-refractivity contribution >= 4 is 28.9 Å². The van der Waals surface area contributed by atoms with E-state index in [4.69, 9.17) is 4.74 Å². The van der Waals surface area contributed by atoms with Gasteiger partial charge >= 0.3 is 0 Å². The number of ether oxygens (including phenoxy) is 1. The van der Waals surface area contributed by atoms with Gasteiger partial charge in [0.2, 0.25) is 5.91 Å². The zero-order valence-electron chi connectivity index (χ0n) is 16.3. The van der Waals surface area contributed by atoms with Gasteiger partial charge in [-0.15, -0.1) is 0 Å². The fourth-order valence-corrected chi connectivity index (χ4v) is 2.92. The molecule has 3 aromatic rings. The van der Waals surface area contributed by atoms with E-state index in [1.165, 1.54) is 6.92 Å². The Balaban J connectivity index is 1.85. The summed E-state index contributed by atoms with van der Waals surface area (Å²) >= 11 is 0. The first-order chi connectivity index (χ1) is 14.0. The Hall–Kier alpha value is -3.80. The van der Waals surface area contributed by atoms with Crippen LogP contribution in [0.15, 0.2) is 78.9 Å². The number of carbonyl (C=O) groups excluding carboxylic acids is 2. The summed E-state index contributed by atoms with van der Waals surface area (Å²) in [5.41, 5.74) is 2.83. The summed E-state index contributed by atoms with van der Waals surface area (Å²) in [5, 5.41) is 8.94. The SMILES string of the molecule is COc1cccc(NC(=O)[C@H](Nc2cccc(NC(C)=O)c2)c2ccccc2)c1. The van der Waals surface area contributed by atoms with Crippen LogP contribution >= 0.6 is 0 Å². The summed E-state index contributed by atoms with van der Waals surface area (Å²) in [4.78, 5) is 24.4. The molecule has 0 saturated heterocycles. The molecule has 3 rings (SSSR count). The summed E-state index contributed by atoms with van der Waals surface area (Å²) < 4.78 is 5.22. The standard InChI is InChI=1S/C23H23N3O3/c1-16(27)24-18-10-6-11-19(14-18)25-22(17-8-4-3-5-9-17)23(28)26-20-12-7-13-21(15-20)29-2/h3-15,22,25H,1-2H3,(H,24,27)(H,26,28)/t22-/m1/s1. The highest BCUT2D eigenvalue weighted by molar-refractivity contribution is 5.97. The molecule has 0 aromatic heterocycles. The minimum Gasteiger partial charge on any atom is -0.497 e. The van der Waals surface area contributed by atoms with Crippen molar-refractivity contribution < 1.29 is 14.3 Å². The lowest BCUT2D eigenvalue weighted by atomic mass is 10.1. The molecule has 0 heterocycles. The maximum absolute atomic E-state index is 13.1. The molecule has 0 aliphatic rings. The molecule has 0 unspecified atom stereocenters. The Bertz CT molecular complexity index is 989. The molecule has 0 radical (unpaired) electrons. The van der Waals surface area contributed by atoms with Crippen LogP contribution in [0.5, 0.6) is 5.75 Å². The summed E-state index contributed by atoms with van der Waals surface area (Å²) in [6, 6.07) is 23.3. The molecule has 2 amide bonds. The number of hydrogen-bond donors (Lipinski definition) is 3. The summed E-state index contributed by atoms with van der Waals surface area (Å²) in [7, 11) is 1.58. The molecule has 1 atom stereocenters. The van der Waals surface area contributed by atoms with Gasteiger partial charge in [-0.3, -0.25) is 9.59 Å². The molecule has 6 heteroatoms. The molecule has 6 nitrogen and oxygen atoms in total. The Kier molecular flexibility index (Phi) is 6.47. The summed E-state index contributed by atoms with van der Waals surface area (Å²) in [6.07, 6.45) is 0. The minimum atomic E-state index is -0.630. The van der Waals surface area contributed by atoms with Crippen LogP contribution in [0.4, 0.5) is 17.1 Å². The second kappa shape index (κ2) is 9.41. The van der Waals surface area contributed by atoms with Crippen molar-refractivity contribution in [2.75, 3.05) is 23.1 Å². The fourth-order valence-electron chi connectivity index (χ4n) is 2.92. The van der Waals surface area contributed by atoms with Crippen LogP contribution in [0.25, 0.3) is 0 Å². The highest BCUT2D eigenvalue weighted by Gasteiger charge is 2.21.